The van der Waals surface area contributed by atoms with Gasteiger partial charge in [-0.3, -0.25) is 0 Å². The summed E-state index contributed by atoms with van der Waals surface area (Å²) in [5, 5.41) is 4.88. The van der Waals surface area contributed by atoms with E-state index in [4.69, 9.17) is 33.6 Å². The van der Waals surface area contributed by atoms with E-state index >= 15 is 0 Å². The van der Waals surface area contributed by atoms with Crippen molar-refractivity contribution >= 4 is 10.0 Å². The first-order chi connectivity index (χ1) is 17.9. The van der Waals surface area contributed by atoms with Crippen LogP contribution in [0.15, 0.2) is 29.2 Å². The van der Waals surface area contributed by atoms with Crippen molar-refractivity contribution in [2.75, 3.05) is 52.9 Å². The maximum Gasteiger partial charge on any atom is 0.238 e. The summed E-state index contributed by atoms with van der Waals surface area (Å²) in [6, 6.07) is 6.40. The van der Waals surface area contributed by atoms with Crippen molar-refractivity contribution in [3.05, 3.63) is 29.8 Å². The minimum absolute atomic E-state index is 0.156. The molecule has 4 rings (SSSR count). The Morgan fingerprint density at radius 2 is 0.919 bits per heavy atom. The van der Waals surface area contributed by atoms with E-state index in [1.165, 1.54) is 37.8 Å². The topological polar surface area (TPSA) is 116 Å². The third-order valence-corrected chi connectivity index (χ3v) is 7.80. The third-order valence-electron chi connectivity index (χ3n) is 6.87. The molecule has 0 spiro atoms. The number of sulfonamides is 1. The Labute approximate surface area is 222 Å². The van der Waals surface area contributed by atoms with E-state index in [1.54, 1.807) is 12.1 Å². The number of hydrogen-bond acceptors (Lipinski definition) is 8. The monoisotopic (exact) mass is 543 g/mol. The summed E-state index contributed by atoms with van der Waals surface area (Å²) in [7, 11) is -3.52. The molecule has 1 aliphatic heterocycles. The number of benzene rings is 1. The lowest BCUT2D eigenvalue weighted by Gasteiger charge is -2.32. The fraction of sp³-hybridized carbons (Fsp3) is 0.778. The van der Waals surface area contributed by atoms with Crippen molar-refractivity contribution in [1.29, 1.82) is 0 Å². The lowest BCUT2D eigenvalue weighted by atomic mass is 9.94. The standard InChI is InChI=1S/C20H36O6.C7H9NO2S/c1-2-6-18-17(5-1)23-13-9-21-11-15-25-19-7-3-4-8-20(19)26-16-12-22-10-14-24-18;1-6-2-4-7(5-3-6)11(8,9)10/h17-20H,1-16H2;2-5H,1H3,(H2,8,9,10). The van der Waals surface area contributed by atoms with E-state index in [0.29, 0.717) is 52.9 Å². The highest BCUT2D eigenvalue weighted by molar-refractivity contribution is 7.89. The second-order valence-electron chi connectivity index (χ2n) is 9.79. The molecule has 1 aromatic carbocycles. The van der Waals surface area contributed by atoms with Crippen LogP contribution in [0, 0.1) is 6.92 Å². The van der Waals surface area contributed by atoms with Crippen LogP contribution in [0.2, 0.25) is 0 Å². The van der Waals surface area contributed by atoms with Crippen molar-refractivity contribution in [3.8, 4) is 0 Å². The molecular formula is C27H45NO8S. The van der Waals surface area contributed by atoms with Gasteiger partial charge in [0.25, 0.3) is 0 Å². The smallest absolute Gasteiger partial charge is 0.238 e. The first-order valence-electron chi connectivity index (χ1n) is 13.6. The molecule has 212 valence electrons. The first kappa shape index (κ1) is 30.4. The summed E-state index contributed by atoms with van der Waals surface area (Å²) < 4.78 is 56.9. The number of fused-ring (bicyclic) bond motifs is 2. The minimum atomic E-state index is -3.52. The SMILES string of the molecule is C1CCC2OCCOCCOC3CCCCC3OCCOCCOC2C1.Cc1ccc(S(N)(=O)=O)cc1. The third kappa shape index (κ3) is 11.7. The van der Waals surface area contributed by atoms with Crippen molar-refractivity contribution in [2.45, 2.75) is 87.6 Å². The molecule has 0 aromatic heterocycles. The van der Waals surface area contributed by atoms with Crippen LogP contribution in [0.5, 0.6) is 0 Å². The van der Waals surface area contributed by atoms with Gasteiger partial charge in [0.1, 0.15) is 0 Å². The summed E-state index contributed by atoms with van der Waals surface area (Å²) >= 11 is 0. The van der Waals surface area contributed by atoms with E-state index < -0.39 is 10.0 Å². The van der Waals surface area contributed by atoms with Crippen LogP contribution in [0.1, 0.15) is 56.9 Å². The normalized spacial score (nSPS) is 29.4. The second-order valence-corrected chi connectivity index (χ2v) is 11.4. The zero-order chi connectivity index (χ0) is 26.3. The molecule has 3 fully saturated rings. The number of aryl methyl sites for hydroxylation is 1. The Morgan fingerprint density at radius 1 is 0.595 bits per heavy atom. The van der Waals surface area contributed by atoms with Gasteiger partial charge in [0.2, 0.25) is 10.0 Å². The summed E-state index contributed by atoms with van der Waals surface area (Å²) in [4.78, 5) is 0.156. The summed E-state index contributed by atoms with van der Waals surface area (Å²) in [5.41, 5.74) is 1.01. The minimum Gasteiger partial charge on any atom is -0.377 e. The molecule has 2 aliphatic carbocycles. The summed E-state index contributed by atoms with van der Waals surface area (Å²) in [6.45, 7) is 6.81. The van der Waals surface area contributed by atoms with Gasteiger partial charge in [0.15, 0.2) is 0 Å². The zero-order valence-corrected chi connectivity index (χ0v) is 23.0. The van der Waals surface area contributed by atoms with Gasteiger partial charge in [0.05, 0.1) is 82.2 Å². The molecule has 4 atom stereocenters. The highest BCUT2D eigenvalue weighted by atomic mass is 32.2. The number of rotatable bonds is 1. The van der Waals surface area contributed by atoms with Gasteiger partial charge < -0.3 is 28.4 Å². The molecule has 10 heteroatoms. The van der Waals surface area contributed by atoms with Crippen LogP contribution in [0.25, 0.3) is 0 Å². The average Bonchev–Trinajstić information content (AvgIpc) is 2.88. The van der Waals surface area contributed by atoms with Crippen LogP contribution in [0.3, 0.4) is 0 Å². The Kier molecular flexibility index (Phi) is 13.8. The molecule has 0 amide bonds. The molecular weight excluding hydrogens is 498 g/mol. The van der Waals surface area contributed by atoms with E-state index in [0.717, 1.165) is 31.2 Å². The number of primary sulfonamides is 1. The summed E-state index contributed by atoms with van der Waals surface area (Å²) in [6.07, 6.45) is 9.93. The molecule has 1 aromatic rings. The molecule has 4 unspecified atom stereocenters. The molecule has 37 heavy (non-hydrogen) atoms. The molecule has 0 radical (unpaired) electrons. The molecule has 2 saturated carbocycles. The average molecular weight is 544 g/mol. The molecule has 0 bridgehead atoms. The van der Waals surface area contributed by atoms with Crippen molar-refractivity contribution in [2.24, 2.45) is 5.14 Å². The second kappa shape index (κ2) is 16.8. The molecule has 1 heterocycles. The van der Waals surface area contributed by atoms with Crippen LogP contribution in [-0.4, -0.2) is 85.7 Å². The predicted molar refractivity (Wildman–Crippen MR) is 140 cm³/mol. The molecule has 3 aliphatic rings. The molecule has 1 saturated heterocycles. The van der Waals surface area contributed by atoms with Crippen LogP contribution < -0.4 is 5.14 Å². The highest BCUT2D eigenvalue weighted by Crippen LogP contribution is 2.25. The Bertz CT molecular complexity index is 784. The molecule has 2 N–H and O–H groups in total. The highest BCUT2D eigenvalue weighted by Gasteiger charge is 2.27. The molecule has 9 nitrogen and oxygen atoms in total. The fourth-order valence-corrected chi connectivity index (χ4v) is 5.37. The Balaban J connectivity index is 0.000000289. The van der Waals surface area contributed by atoms with E-state index in [1.807, 2.05) is 6.92 Å². The van der Waals surface area contributed by atoms with Gasteiger partial charge in [0, 0.05) is 0 Å². The Hall–Kier alpha value is -1.11. The zero-order valence-electron chi connectivity index (χ0n) is 22.2. The van der Waals surface area contributed by atoms with Crippen LogP contribution in [0.4, 0.5) is 0 Å². The summed E-state index contributed by atoms with van der Waals surface area (Å²) in [5.74, 6) is 0. The lowest BCUT2D eigenvalue weighted by molar-refractivity contribution is -0.129. The maximum atomic E-state index is 10.7. The van der Waals surface area contributed by atoms with Crippen molar-refractivity contribution in [3.63, 3.8) is 0 Å². The van der Waals surface area contributed by atoms with E-state index in [9.17, 15) is 8.42 Å². The Morgan fingerprint density at radius 3 is 1.22 bits per heavy atom. The maximum absolute atomic E-state index is 10.7. The van der Waals surface area contributed by atoms with Crippen molar-refractivity contribution < 1.29 is 36.8 Å². The van der Waals surface area contributed by atoms with Gasteiger partial charge in [-0.2, -0.15) is 0 Å². The quantitative estimate of drug-likeness (QED) is 0.573. The number of ether oxygens (including phenoxy) is 6. The van der Waals surface area contributed by atoms with Gasteiger partial charge in [-0.1, -0.05) is 43.4 Å². The van der Waals surface area contributed by atoms with E-state index in [2.05, 4.69) is 0 Å². The lowest BCUT2D eigenvalue weighted by Crippen LogP contribution is -2.37. The van der Waals surface area contributed by atoms with Gasteiger partial charge in [-0.05, 0) is 44.7 Å². The first-order valence-corrected chi connectivity index (χ1v) is 15.2. The predicted octanol–water partition coefficient (Wildman–Crippen LogP) is 3.36. The van der Waals surface area contributed by atoms with Crippen LogP contribution >= 0.6 is 0 Å². The number of nitrogens with two attached hydrogens (primary N) is 1. The number of hydrogen-bond donors (Lipinski definition) is 1. The largest absolute Gasteiger partial charge is 0.377 e. The van der Waals surface area contributed by atoms with Crippen LogP contribution in [-0.2, 0) is 38.4 Å². The van der Waals surface area contributed by atoms with Gasteiger partial charge >= 0.3 is 0 Å². The van der Waals surface area contributed by atoms with Crippen molar-refractivity contribution in [1.82, 2.24) is 0 Å². The van der Waals surface area contributed by atoms with Gasteiger partial charge in [-0.15, -0.1) is 0 Å². The van der Waals surface area contributed by atoms with Gasteiger partial charge in [-0.25, -0.2) is 13.6 Å². The van der Waals surface area contributed by atoms with E-state index in [-0.39, 0.29) is 29.3 Å². The fourth-order valence-electron chi connectivity index (χ4n) is 4.85.